The van der Waals surface area contributed by atoms with Crippen molar-refractivity contribution in [3.8, 4) is 0 Å². The molecule has 11 heavy (non-hydrogen) atoms. The molecule has 2 heteroatoms. The first-order valence-electron chi connectivity index (χ1n) is 3.58. The third-order valence-electron chi connectivity index (χ3n) is 1.80. The van der Waals surface area contributed by atoms with E-state index in [-0.39, 0.29) is 5.78 Å². The molecule has 0 N–H and O–H groups in total. The fraction of sp³-hybridized carbons (Fsp3) is 0.333. The molecule has 0 saturated carbocycles. The lowest BCUT2D eigenvalue weighted by atomic mass is 10.2. The van der Waals surface area contributed by atoms with Crippen LogP contribution >= 0.6 is 0 Å². The van der Waals surface area contributed by atoms with E-state index >= 15 is 0 Å². The Balaban J connectivity index is 3.15. The van der Waals surface area contributed by atoms with Gasteiger partial charge in [-0.15, -0.1) is 0 Å². The molecular weight excluding hydrogens is 138 g/mol. The molecule has 1 rings (SSSR count). The maximum atomic E-state index is 10.9. The zero-order chi connectivity index (χ0) is 8.43. The van der Waals surface area contributed by atoms with Crippen LogP contribution in [-0.2, 0) is 7.05 Å². The Morgan fingerprint density at radius 3 is 2.55 bits per heavy atom. The lowest BCUT2D eigenvalue weighted by Gasteiger charge is -1.94. The second-order valence-electron chi connectivity index (χ2n) is 2.73. The van der Waals surface area contributed by atoms with Gasteiger partial charge in [0.2, 0.25) is 0 Å². The van der Waals surface area contributed by atoms with Gasteiger partial charge in [0.15, 0.2) is 17.7 Å². The summed E-state index contributed by atoms with van der Waals surface area (Å²) in [7, 11) is 1.93. The Morgan fingerprint density at radius 1 is 1.45 bits per heavy atom. The summed E-state index contributed by atoms with van der Waals surface area (Å²) in [4.78, 5) is 10.9. The highest BCUT2D eigenvalue weighted by molar-refractivity contribution is 5.93. The molecule has 0 aliphatic heterocycles. The summed E-state index contributed by atoms with van der Waals surface area (Å²) in [5.41, 5.74) is 1.91. The lowest BCUT2D eigenvalue weighted by molar-refractivity contribution is -0.677. The highest BCUT2D eigenvalue weighted by Crippen LogP contribution is 1.97. The minimum Gasteiger partial charge on any atom is -0.294 e. The summed E-state index contributed by atoms with van der Waals surface area (Å²) in [5, 5.41) is 0. The van der Waals surface area contributed by atoms with Crippen molar-refractivity contribution >= 4 is 5.78 Å². The van der Waals surface area contributed by atoms with Crippen LogP contribution in [-0.4, -0.2) is 5.78 Å². The number of Topliss-reactive ketones (excluding diaryl/α,β-unsaturated/α-hetero) is 1. The van der Waals surface area contributed by atoms with E-state index in [4.69, 9.17) is 0 Å². The van der Waals surface area contributed by atoms with Crippen molar-refractivity contribution in [1.29, 1.82) is 0 Å². The highest BCUT2D eigenvalue weighted by atomic mass is 16.1. The topological polar surface area (TPSA) is 20.9 Å². The Kier molecular flexibility index (Phi) is 2.03. The van der Waals surface area contributed by atoms with E-state index in [2.05, 4.69) is 0 Å². The molecule has 0 fully saturated rings. The smallest absolute Gasteiger partial charge is 0.179 e. The van der Waals surface area contributed by atoms with E-state index in [1.165, 1.54) is 0 Å². The van der Waals surface area contributed by atoms with Crippen LogP contribution in [0.15, 0.2) is 18.3 Å². The number of hydrogen-bond donors (Lipinski definition) is 0. The van der Waals surface area contributed by atoms with Crippen molar-refractivity contribution in [3.63, 3.8) is 0 Å². The van der Waals surface area contributed by atoms with E-state index in [1.807, 2.05) is 36.9 Å². The summed E-state index contributed by atoms with van der Waals surface area (Å²) < 4.78 is 1.94. The maximum absolute atomic E-state index is 10.9. The Labute approximate surface area is 66.5 Å². The first-order chi connectivity index (χ1) is 5.11. The fourth-order valence-electron chi connectivity index (χ4n) is 0.890. The highest BCUT2D eigenvalue weighted by Gasteiger charge is 2.05. The molecule has 0 saturated heterocycles. The summed E-state index contributed by atoms with van der Waals surface area (Å²) >= 11 is 0. The van der Waals surface area contributed by atoms with Crippen molar-refractivity contribution in [1.82, 2.24) is 0 Å². The SMILES string of the molecule is CC(=O)c1ccc(C)[n+](C)c1. The van der Waals surface area contributed by atoms with Crippen LogP contribution in [0.5, 0.6) is 0 Å². The molecular formula is C9H12NO+. The van der Waals surface area contributed by atoms with Crippen molar-refractivity contribution in [3.05, 3.63) is 29.6 Å². The van der Waals surface area contributed by atoms with Gasteiger partial charge in [0.1, 0.15) is 7.05 Å². The monoisotopic (exact) mass is 150 g/mol. The minimum absolute atomic E-state index is 0.112. The minimum atomic E-state index is 0.112. The van der Waals surface area contributed by atoms with Gasteiger partial charge < -0.3 is 0 Å². The fourth-order valence-corrected chi connectivity index (χ4v) is 0.890. The molecule has 0 atom stereocenters. The van der Waals surface area contributed by atoms with Gasteiger partial charge in [-0.1, -0.05) is 0 Å². The molecule has 0 aliphatic carbocycles. The molecule has 1 heterocycles. The Hall–Kier alpha value is -1.18. The molecule has 0 radical (unpaired) electrons. The zero-order valence-electron chi connectivity index (χ0n) is 7.09. The van der Waals surface area contributed by atoms with Gasteiger partial charge in [0.25, 0.3) is 0 Å². The van der Waals surface area contributed by atoms with Crippen LogP contribution in [0.3, 0.4) is 0 Å². The van der Waals surface area contributed by atoms with E-state index in [0.29, 0.717) is 0 Å². The Bertz CT molecular complexity index is 292. The normalized spacial score (nSPS) is 9.73. The molecule has 0 aliphatic rings. The largest absolute Gasteiger partial charge is 0.294 e. The first kappa shape index (κ1) is 7.92. The summed E-state index contributed by atoms with van der Waals surface area (Å²) in [5.74, 6) is 0.112. The third-order valence-corrected chi connectivity index (χ3v) is 1.80. The van der Waals surface area contributed by atoms with Crippen LogP contribution in [0.2, 0.25) is 0 Å². The average Bonchev–Trinajstić information content (AvgIpc) is 1.94. The van der Waals surface area contributed by atoms with Crippen LogP contribution in [0, 0.1) is 6.92 Å². The van der Waals surface area contributed by atoms with Gasteiger partial charge in [0, 0.05) is 13.0 Å². The second kappa shape index (κ2) is 2.82. The molecule has 0 spiro atoms. The number of aryl methyl sites for hydroxylation is 2. The van der Waals surface area contributed by atoms with E-state index in [1.54, 1.807) is 6.92 Å². The number of nitrogens with zero attached hydrogens (tertiary/aromatic N) is 1. The second-order valence-corrected chi connectivity index (χ2v) is 2.73. The molecule has 0 aromatic carbocycles. The van der Waals surface area contributed by atoms with E-state index in [9.17, 15) is 4.79 Å². The molecule has 58 valence electrons. The number of hydrogen-bond acceptors (Lipinski definition) is 1. The summed E-state index contributed by atoms with van der Waals surface area (Å²) in [6.45, 7) is 3.58. The number of aromatic nitrogens is 1. The van der Waals surface area contributed by atoms with E-state index < -0.39 is 0 Å². The number of carbonyl (C=O) groups is 1. The van der Waals surface area contributed by atoms with Crippen LogP contribution in [0.25, 0.3) is 0 Å². The summed E-state index contributed by atoms with van der Waals surface area (Å²) in [6.07, 6.45) is 1.84. The molecule has 0 bridgehead atoms. The zero-order valence-corrected chi connectivity index (χ0v) is 7.09. The lowest BCUT2D eigenvalue weighted by Crippen LogP contribution is -2.32. The number of pyridine rings is 1. The van der Waals surface area contributed by atoms with Crippen LogP contribution in [0.4, 0.5) is 0 Å². The van der Waals surface area contributed by atoms with Gasteiger partial charge in [-0.2, -0.15) is 0 Å². The van der Waals surface area contributed by atoms with Crippen molar-refractivity contribution < 1.29 is 9.36 Å². The van der Waals surface area contributed by atoms with E-state index in [0.717, 1.165) is 11.3 Å². The first-order valence-corrected chi connectivity index (χ1v) is 3.58. The van der Waals surface area contributed by atoms with Gasteiger partial charge >= 0.3 is 0 Å². The number of ketones is 1. The van der Waals surface area contributed by atoms with Gasteiger partial charge in [-0.25, -0.2) is 4.57 Å². The van der Waals surface area contributed by atoms with Gasteiger partial charge in [-0.05, 0) is 13.0 Å². The number of rotatable bonds is 1. The predicted molar refractivity (Wildman–Crippen MR) is 42.4 cm³/mol. The molecule has 0 unspecified atom stereocenters. The quantitative estimate of drug-likeness (QED) is 0.432. The van der Waals surface area contributed by atoms with Crippen molar-refractivity contribution in [2.75, 3.05) is 0 Å². The summed E-state index contributed by atoms with van der Waals surface area (Å²) in [6, 6.07) is 3.79. The molecule has 2 nitrogen and oxygen atoms in total. The average molecular weight is 150 g/mol. The van der Waals surface area contributed by atoms with Gasteiger partial charge in [0.05, 0.1) is 5.56 Å². The molecule has 1 aromatic rings. The van der Waals surface area contributed by atoms with Crippen LogP contribution in [0.1, 0.15) is 23.0 Å². The Morgan fingerprint density at radius 2 is 2.09 bits per heavy atom. The third kappa shape index (κ3) is 1.64. The maximum Gasteiger partial charge on any atom is 0.179 e. The molecule has 1 aromatic heterocycles. The van der Waals surface area contributed by atoms with Crippen molar-refractivity contribution in [2.45, 2.75) is 13.8 Å². The standard InChI is InChI=1S/C9H12NO/c1-7-4-5-9(8(2)11)6-10(7)3/h4-6H,1-3H3/q+1. The predicted octanol–water partition coefficient (Wildman–Crippen LogP) is 1.02. The van der Waals surface area contributed by atoms with Crippen molar-refractivity contribution in [2.24, 2.45) is 7.05 Å². The number of carbonyl (C=O) groups excluding carboxylic acids is 1. The van der Waals surface area contributed by atoms with Crippen LogP contribution < -0.4 is 4.57 Å². The molecule has 0 amide bonds. The van der Waals surface area contributed by atoms with Gasteiger partial charge in [-0.3, -0.25) is 4.79 Å².